The van der Waals surface area contributed by atoms with Crippen molar-refractivity contribution in [1.29, 1.82) is 0 Å². The molecule has 0 radical (unpaired) electrons. The van der Waals surface area contributed by atoms with Crippen molar-refractivity contribution >= 4 is 23.4 Å². The van der Waals surface area contributed by atoms with Crippen LogP contribution in [0.3, 0.4) is 0 Å². The molecule has 0 aliphatic carbocycles. The quantitative estimate of drug-likeness (QED) is 0.641. The Morgan fingerprint density at radius 2 is 1.65 bits per heavy atom. The van der Waals surface area contributed by atoms with Gasteiger partial charge in [0, 0.05) is 12.0 Å². The van der Waals surface area contributed by atoms with Crippen LogP contribution in [-0.4, -0.2) is 45.2 Å². The van der Waals surface area contributed by atoms with E-state index in [-0.39, 0.29) is 0 Å². The fourth-order valence-corrected chi connectivity index (χ4v) is 2.65. The van der Waals surface area contributed by atoms with Gasteiger partial charge in [-0.1, -0.05) is 0 Å². The number of halogens is 3. The van der Waals surface area contributed by atoms with Gasteiger partial charge in [-0.05, 0) is 54.9 Å². The lowest BCUT2D eigenvalue weighted by Crippen LogP contribution is -2.50. The molecule has 0 aliphatic rings. The number of aldehydes is 1. The molecule has 26 heavy (non-hydrogen) atoms. The fraction of sp³-hybridized carbons (Fsp3) is 0.875. The second-order valence-electron chi connectivity index (χ2n) is 8.06. The first-order valence-corrected chi connectivity index (χ1v) is 9.32. The minimum atomic E-state index is -4.70. The first kappa shape index (κ1) is 24.8. The predicted molar refractivity (Wildman–Crippen MR) is 93.9 cm³/mol. The fourth-order valence-electron chi connectivity index (χ4n) is 1.80. The number of carbonyl (C=O) groups excluding carboxylic acids is 2. The van der Waals surface area contributed by atoms with Crippen molar-refractivity contribution in [2.24, 2.45) is 5.92 Å². The number of nitrogens with one attached hydrogen (secondary N) is 2. The summed E-state index contributed by atoms with van der Waals surface area (Å²) in [7, 11) is -1.97. The van der Waals surface area contributed by atoms with E-state index in [1.165, 1.54) is 27.7 Å². The molecule has 10 heteroatoms. The standard InChI is InChI=1S/C16H29F3N2O4S/c1-10(20-13(23)25-14(2,3)4)11(9-22)8-12(16(17,18)19)21-26(24)15(5,6)7/h9-12,21H,8H2,1-7H3,(H,20,23)/t10-,11+,12?,26-/m1/s1. The van der Waals surface area contributed by atoms with Crippen molar-refractivity contribution < 1.29 is 31.7 Å². The zero-order valence-electron chi connectivity index (χ0n) is 16.2. The van der Waals surface area contributed by atoms with Crippen LogP contribution in [0.1, 0.15) is 54.9 Å². The Balaban J connectivity index is 5.12. The number of rotatable bonds is 7. The number of carbonyl (C=O) groups is 2. The largest absolute Gasteiger partial charge is 0.444 e. The van der Waals surface area contributed by atoms with Gasteiger partial charge < -0.3 is 14.8 Å². The summed E-state index contributed by atoms with van der Waals surface area (Å²) in [5, 5.41) is 2.36. The average Bonchev–Trinajstić information content (AvgIpc) is 2.37. The Labute approximate surface area is 155 Å². The van der Waals surface area contributed by atoms with Gasteiger partial charge >= 0.3 is 12.3 Å². The van der Waals surface area contributed by atoms with Gasteiger partial charge in [0.25, 0.3) is 0 Å². The first-order valence-electron chi connectivity index (χ1n) is 8.17. The minimum Gasteiger partial charge on any atom is -0.444 e. The van der Waals surface area contributed by atoms with Crippen LogP contribution < -0.4 is 10.0 Å². The highest BCUT2D eigenvalue weighted by atomic mass is 32.2. The third-order valence-electron chi connectivity index (χ3n) is 3.27. The zero-order valence-corrected chi connectivity index (χ0v) is 17.0. The van der Waals surface area contributed by atoms with E-state index in [2.05, 4.69) is 10.0 Å². The monoisotopic (exact) mass is 402 g/mol. The van der Waals surface area contributed by atoms with Gasteiger partial charge in [-0.25, -0.2) is 13.7 Å². The van der Waals surface area contributed by atoms with Crippen LogP contribution in [0.2, 0.25) is 0 Å². The summed E-state index contributed by atoms with van der Waals surface area (Å²) in [5.41, 5.74) is -0.778. The molecule has 0 fully saturated rings. The maximum Gasteiger partial charge on any atom is 0.407 e. The van der Waals surface area contributed by atoms with E-state index in [1.54, 1.807) is 20.8 Å². The maximum atomic E-state index is 13.3. The molecule has 0 saturated carbocycles. The van der Waals surface area contributed by atoms with E-state index >= 15 is 0 Å². The van der Waals surface area contributed by atoms with Gasteiger partial charge in [0.05, 0.1) is 15.7 Å². The molecule has 0 heterocycles. The molecule has 0 spiro atoms. The van der Waals surface area contributed by atoms with Crippen molar-refractivity contribution in [1.82, 2.24) is 10.0 Å². The highest BCUT2D eigenvalue weighted by Crippen LogP contribution is 2.27. The van der Waals surface area contributed by atoms with Gasteiger partial charge in [0.2, 0.25) is 0 Å². The van der Waals surface area contributed by atoms with E-state index in [0.717, 1.165) is 0 Å². The molecule has 0 aromatic rings. The molecule has 4 atom stereocenters. The van der Waals surface area contributed by atoms with Crippen molar-refractivity contribution in [2.75, 3.05) is 0 Å². The van der Waals surface area contributed by atoms with Crippen LogP contribution in [0, 0.1) is 5.92 Å². The predicted octanol–water partition coefficient (Wildman–Crippen LogP) is 3.09. The molecule has 0 aromatic heterocycles. The summed E-state index contributed by atoms with van der Waals surface area (Å²) in [6.07, 6.45) is -5.84. The molecule has 0 saturated heterocycles. The normalized spacial score (nSPS) is 17.8. The molecule has 0 aromatic carbocycles. The lowest BCUT2D eigenvalue weighted by molar-refractivity contribution is -0.155. The zero-order chi connectivity index (χ0) is 20.9. The van der Waals surface area contributed by atoms with Crippen molar-refractivity contribution in [3.05, 3.63) is 0 Å². The summed E-state index contributed by atoms with van der Waals surface area (Å²) in [5.74, 6) is -1.14. The van der Waals surface area contributed by atoms with Crippen molar-refractivity contribution in [2.45, 2.75) is 83.5 Å². The van der Waals surface area contributed by atoms with E-state index < -0.39 is 58.0 Å². The Morgan fingerprint density at radius 1 is 1.15 bits per heavy atom. The highest BCUT2D eigenvalue weighted by molar-refractivity contribution is 7.84. The number of alkyl halides is 3. The molecule has 6 nitrogen and oxygen atoms in total. The van der Waals surface area contributed by atoms with Crippen LogP contribution in [0.15, 0.2) is 0 Å². The van der Waals surface area contributed by atoms with Gasteiger partial charge in [-0.15, -0.1) is 0 Å². The van der Waals surface area contributed by atoms with Crippen molar-refractivity contribution in [3.8, 4) is 0 Å². The van der Waals surface area contributed by atoms with Crippen LogP contribution in [-0.2, 0) is 20.5 Å². The summed E-state index contributed by atoms with van der Waals surface area (Å²) in [6, 6.07) is -3.04. The second kappa shape index (κ2) is 9.16. The lowest BCUT2D eigenvalue weighted by atomic mass is 9.94. The molecule has 2 N–H and O–H groups in total. The molecule has 0 aliphatic heterocycles. The van der Waals surface area contributed by atoms with Crippen LogP contribution in [0.4, 0.5) is 18.0 Å². The minimum absolute atomic E-state index is 0.350. The summed E-state index contributed by atoms with van der Waals surface area (Å²) in [4.78, 5) is 23.0. The maximum absolute atomic E-state index is 13.3. The van der Waals surface area contributed by atoms with Crippen LogP contribution in [0.25, 0.3) is 0 Å². The SMILES string of the molecule is C[C@@H](NC(=O)OC(C)(C)C)[C@H](C=O)CC(N[S@](=O)C(C)(C)C)C(F)(F)F. The van der Waals surface area contributed by atoms with E-state index in [4.69, 9.17) is 4.74 Å². The summed E-state index contributed by atoms with van der Waals surface area (Å²) >= 11 is 0. The van der Waals surface area contributed by atoms with Gasteiger partial charge in [0.15, 0.2) is 0 Å². The molecular weight excluding hydrogens is 373 g/mol. The van der Waals surface area contributed by atoms with E-state index in [1.807, 2.05) is 0 Å². The summed E-state index contributed by atoms with van der Waals surface area (Å²) < 4.78 is 58.1. The van der Waals surface area contributed by atoms with Gasteiger partial charge in [0.1, 0.15) is 17.9 Å². The van der Waals surface area contributed by atoms with Crippen molar-refractivity contribution in [3.63, 3.8) is 0 Å². The average molecular weight is 402 g/mol. The first-order chi connectivity index (χ1) is 11.5. The Bertz CT molecular complexity index is 513. The lowest BCUT2D eigenvalue weighted by Gasteiger charge is -2.29. The molecule has 1 amide bonds. The molecule has 1 unspecified atom stereocenters. The highest BCUT2D eigenvalue weighted by Gasteiger charge is 2.43. The second-order valence-corrected chi connectivity index (χ2v) is 10.1. The van der Waals surface area contributed by atoms with Gasteiger partial charge in [-0.2, -0.15) is 13.2 Å². The smallest absolute Gasteiger partial charge is 0.407 e. The molecule has 0 rings (SSSR count). The number of amides is 1. The van der Waals surface area contributed by atoms with Crippen LogP contribution in [0.5, 0.6) is 0 Å². The number of hydrogen-bond donors (Lipinski definition) is 2. The molecular formula is C16H29F3N2O4S. The summed E-state index contributed by atoms with van der Waals surface area (Å²) in [6.45, 7) is 10.9. The number of ether oxygens (including phenoxy) is 1. The third kappa shape index (κ3) is 9.51. The Morgan fingerprint density at radius 3 is 2.00 bits per heavy atom. The number of alkyl carbamates (subject to hydrolysis) is 1. The third-order valence-corrected chi connectivity index (χ3v) is 4.88. The Hall–Kier alpha value is -1.16. The van der Waals surface area contributed by atoms with E-state index in [0.29, 0.717) is 6.29 Å². The topological polar surface area (TPSA) is 84.5 Å². The van der Waals surface area contributed by atoms with Crippen LogP contribution >= 0.6 is 0 Å². The molecule has 154 valence electrons. The Kier molecular flexibility index (Phi) is 8.75. The van der Waals surface area contributed by atoms with E-state index in [9.17, 15) is 27.0 Å². The molecule has 0 bridgehead atoms. The van der Waals surface area contributed by atoms with Gasteiger partial charge in [-0.3, -0.25) is 0 Å². The number of hydrogen-bond acceptors (Lipinski definition) is 4.